The van der Waals surface area contributed by atoms with Crippen LogP contribution in [-0.4, -0.2) is 87.5 Å². The zero-order chi connectivity index (χ0) is 42.3. The monoisotopic (exact) mass is 822 g/mol. The maximum atomic E-state index is 12.6. The third kappa shape index (κ3) is 29.6. The van der Waals surface area contributed by atoms with Gasteiger partial charge in [0.2, 0.25) is 5.91 Å². The number of rotatable bonds is 40. The minimum absolute atomic E-state index is 0.206. The number of unbranched alkanes of at least 4 members (excludes halogenated alkanes) is 26. The molecule has 0 aromatic carbocycles. The fourth-order valence-electron chi connectivity index (χ4n) is 7.54. The van der Waals surface area contributed by atoms with Crippen LogP contribution in [0.4, 0.5) is 0 Å². The van der Waals surface area contributed by atoms with Crippen LogP contribution in [0.25, 0.3) is 0 Å². The molecule has 9 nitrogen and oxygen atoms in total. The number of aliphatic hydroxyl groups is 5. The van der Waals surface area contributed by atoms with Crippen molar-refractivity contribution in [2.45, 2.75) is 256 Å². The Morgan fingerprint density at radius 3 is 1.45 bits per heavy atom. The molecular weight excluding hydrogens is 731 g/mol. The second-order valence-electron chi connectivity index (χ2n) is 16.9. The van der Waals surface area contributed by atoms with E-state index < -0.39 is 49.5 Å². The molecule has 1 saturated heterocycles. The molecule has 0 saturated carbocycles. The van der Waals surface area contributed by atoms with Crippen LogP contribution < -0.4 is 5.32 Å². The van der Waals surface area contributed by atoms with Crippen molar-refractivity contribution in [2.24, 2.45) is 0 Å². The smallest absolute Gasteiger partial charge is 0.220 e. The number of hydrogen-bond acceptors (Lipinski definition) is 8. The van der Waals surface area contributed by atoms with Gasteiger partial charge in [0.05, 0.1) is 25.4 Å². The Morgan fingerprint density at radius 2 is 0.983 bits per heavy atom. The molecule has 1 heterocycles. The second kappa shape index (κ2) is 39.5. The van der Waals surface area contributed by atoms with Crippen LogP contribution in [0.15, 0.2) is 36.5 Å². The molecule has 0 aromatic heterocycles. The highest BCUT2D eigenvalue weighted by molar-refractivity contribution is 5.76. The number of aliphatic hydroxyl groups excluding tert-OH is 5. The average Bonchev–Trinajstić information content (AvgIpc) is 3.22. The Kier molecular flexibility index (Phi) is 37.1. The number of carbonyl (C=O) groups is 1. The standard InChI is InChI=1S/C49H91NO8/c1-3-5-7-9-10-11-12-13-14-15-16-17-18-19-20-21-22-23-24-25-26-27-28-29-30-31-32-33-34-35-36-38-43(52)42(50-45(53)39-37-8-6-4-2)41-57-49-48(56)47(55)46(54)44(40-51)58-49/h28-29,32-33,36,38,42-44,46-49,51-52,54-56H,3-27,30-31,34-35,37,39-41H2,1-2H3,(H,50,53)/b29-28+,33-32+,38-36+. The fraction of sp³-hybridized carbons (Fsp3) is 0.857. The first-order valence-electron chi connectivity index (χ1n) is 24.2. The van der Waals surface area contributed by atoms with Gasteiger partial charge in [-0.15, -0.1) is 0 Å². The van der Waals surface area contributed by atoms with Crippen molar-refractivity contribution in [3.8, 4) is 0 Å². The first-order chi connectivity index (χ1) is 28.3. The minimum atomic E-state index is -1.57. The van der Waals surface area contributed by atoms with Crippen molar-refractivity contribution >= 4 is 5.91 Å². The van der Waals surface area contributed by atoms with E-state index >= 15 is 0 Å². The van der Waals surface area contributed by atoms with E-state index in [1.54, 1.807) is 6.08 Å². The molecule has 1 aliphatic rings. The molecule has 9 heteroatoms. The molecule has 0 aliphatic carbocycles. The maximum absolute atomic E-state index is 12.6. The average molecular weight is 822 g/mol. The number of amides is 1. The van der Waals surface area contributed by atoms with E-state index in [1.807, 2.05) is 6.08 Å². The maximum Gasteiger partial charge on any atom is 0.220 e. The van der Waals surface area contributed by atoms with Gasteiger partial charge in [-0.1, -0.05) is 198 Å². The zero-order valence-electron chi connectivity index (χ0n) is 37.3. The van der Waals surface area contributed by atoms with Crippen molar-refractivity contribution < 1.29 is 39.8 Å². The van der Waals surface area contributed by atoms with Gasteiger partial charge >= 0.3 is 0 Å². The predicted octanol–water partition coefficient (Wildman–Crippen LogP) is 10.5. The molecule has 1 fully saturated rings. The number of carbonyl (C=O) groups excluding carboxylic acids is 1. The van der Waals surface area contributed by atoms with Crippen molar-refractivity contribution in [2.75, 3.05) is 13.2 Å². The number of hydrogen-bond donors (Lipinski definition) is 6. The van der Waals surface area contributed by atoms with Gasteiger partial charge in [-0.2, -0.15) is 0 Å². The van der Waals surface area contributed by atoms with Gasteiger partial charge in [-0.25, -0.2) is 0 Å². The van der Waals surface area contributed by atoms with Crippen LogP contribution in [0.5, 0.6) is 0 Å². The highest BCUT2D eigenvalue weighted by Crippen LogP contribution is 2.22. The molecular formula is C49H91NO8. The summed E-state index contributed by atoms with van der Waals surface area (Å²) in [6, 6.07) is -0.821. The summed E-state index contributed by atoms with van der Waals surface area (Å²) in [5, 5.41) is 53.7. The topological polar surface area (TPSA) is 149 Å². The molecule has 7 unspecified atom stereocenters. The van der Waals surface area contributed by atoms with Crippen LogP contribution in [0.1, 0.15) is 213 Å². The summed E-state index contributed by atoms with van der Waals surface area (Å²) in [6.07, 6.45) is 43.0. The van der Waals surface area contributed by atoms with E-state index in [1.165, 1.54) is 141 Å². The van der Waals surface area contributed by atoms with Gasteiger partial charge in [0.15, 0.2) is 6.29 Å². The van der Waals surface area contributed by atoms with Gasteiger partial charge in [0.1, 0.15) is 24.4 Å². The number of ether oxygens (including phenoxy) is 2. The zero-order valence-corrected chi connectivity index (χ0v) is 37.3. The van der Waals surface area contributed by atoms with Crippen LogP contribution in [0.2, 0.25) is 0 Å². The van der Waals surface area contributed by atoms with Crippen LogP contribution in [0, 0.1) is 0 Å². The largest absolute Gasteiger partial charge is 0.394 e. The molecule has 0 bridgehead atoms. The lowest BCUT2D eigenvalue weighted by molar-refractivity contribution is -0.302. The lowest BCUT2D eigenvalue weighted by Crippen LogP contribution is -2.60. The van der Waals surface area contributed by atoms with E-state index in [-0.39, 0.29) is 12.5 Å². The molecule has 0 radical (unpaired) electrons. The predicted molar refractivity (Wildman–Crippen MR) is 240 cm³/mol. The van der Waals surface area contributed by atoms with Crippen molar-refractivity contribution in [1.29, 1.82) is 0 Å². The van der Waals surface area contributed by atoms with Gasteiger partial charge in [-0.3, -0.25) is 4.79 Å². The molecule has 0 spiro atoms. The molecule has 1 aliphatic heterocycles. The van der Waals surface area contributed by atoms with Crippen molar-refractivity contribution in [3.05, 3.63) is 36.5 Å². The highest BCUT2D eigenvalue weighted by atomic mass is 16.7. The Labute approximate surface area is 355 Å². The summed E-state index contributed by atoms with van der Waals surface area (Å²) < 4.78 is 11.1. The van der Waals surface area contributed by atoms with Crippen LogP contribution in [-0.2, 0) is 14.3 Å². The van der Waals surface area contributed by atoms with Crippen molar-refractivity contribution in [1.82, 2.24) is 5.32 Å². The Bertz CT molecular complexity index is 1000. The third-order valence-electron chi connectivity index (χ3n) is 11.4. The first kappa shape index (κ1) is 54.4. The van der Waals surface area contributed by atoms with E-state index in [9.17, 15) is 30.3 Å². The van der Waals surface area contributed by atoms with E-state index in [2.05, 4.69) is 43.5 Å². The number of nitrogens with one attached hydrogen (secondary N) is 1. The third-order valence-corrected chi connectivity index (χ3v) is 11.4. The minimum Gasteiger partial charge on any atom is -0.394 e. The van der Waals surface area contributed by atoms with Crippen LogP contribution in [0.3, 0.4) is 0 Å². The summed E-state index contributed by atoms with van der Waals surface area (Å²) in [5.74, 6) is -0.209. The van der Waals surface area contributed by atoms with E-state index in [4.69, 9.17) is 9.47 Å². The first-order valence-corrected chi connectivity index (χ1v) is 24.2. The normalized spacial score (nSPS) is 21.1. The molecule has 340 valence electrons. The summed E-state index contributed by atoms with van der Waals surface area (Å²) >= 11 is 0. The Balaban J connectivity index is 2.11. The molecule has 58 heavy (non-hydrogen) atoms. The Hall–Kier alpha value is -1.59. The van der Waals surface area contributed by atoms with Gasteiger partial charge < -0.3 is 40.3 Å². The summed E-state index contributed by atoms with van der Waals surface area (Å²) in [7, 11) is 0. The Morgan fingerprint density at radius 1 is 0.569 bits per heavy atom. The van der Waals surface area contributed by atoms with Gasteiger partial charge in [-0.05, 0) is 44.9 Å². The quantitative estimate of drug-likeness (QED) is 0.0264. The lowest BCUT2D eigenvalue weighted by Gasteiger charge is -2.40. The summed E-state index contributed by atoms with van der Waals surface area (Å²) in [4.78, 5) is 12.6. The fourth-order valence-corrected chi connectivity index (χ4v) is 7.54. The molecule has 7 atom stereocenters. The second-order valence-corrected chi connectivity index (χ2v) is 16.9. The van der Waals surface area contributed by atoms with Gasteiger partial charge in [0.25, 0.3) is 0 Å². The molecule has 6 N–H and O–H groups in total. The van der Waals surface area contributed by atoms with E-state index in [0.29, 0.717) is 6.42 Å². The summed E-state index contributed by atoms with van der Waals surface area (Å²) in [6.45, 7) is 3.62. The van der Waals surface area contributed by atoms with E-state index in [0.717, 1.165) is 51.4 Å². The molecule has 1 amide bonds. The molecule has 0 aromatic rings. The number of allylic oxidation sites excluding steroid dienone is 5. The van der Waals surface area contributed by atoms with Gasteiger partial charge in [0, 0.05) is 6.42 Å². The SMILES string of the molecule is CCCCCCCCCCCCCCCCCCCCCCC/C=C/CC/C=C/CC/C=C/C(O)C(COC1OC(CO)C(O)C(O)C1O)NC(=O)CCCCCC. The molecule has 1 rings (SSSR count). The van der Waals surface area contributed by atoms with Crippen LogP contribution >= 0.6 is 0 Å². The lowest BCUT2D eigenvalue weighted by atomic mass is 9.99. The van der Waals surface area contributed by atoms with Crippen molar-refractivity contribution in [3.63, 3.8) is 0 Å². The highest BCUT2D eigenvalue weighted by Gasteiger charge is 2.44. The summed E-state index contributed by atoms with van der Waals surface area (Å²) in [5.41, 5.74) is 0.